The predicted octanol–water partition coefficient (Wildman–Crippen LogP) is 2.98. The highest BCUT2D eigenvalue weighted by Crippen LogP contribution is 2.27. The van der Waals surface area contributed by atoms with Crippen LogP contribution in [0.1, 0.15) is 40.7 Å². The van der Waals surface area contributed by atoms with Crippen molar-refractivity contribution in [1.82, 2.24) is 14.7 Å². The third kappa shape index (κ3) is 3.43. The summed E-state index contributed by atoms with van der Waals surface area (Å²) in [6.07, 6.45) is 3.03. The van der Waals surface area contributed by atoms with Crippen molar-refractivity contribution in [2.75, 3.05) is 37.6 Å². The summed E-state index contributed by atoms with van der Waals surface area (Å²) in [5.74, 6) is -0.920. The fraction of sp³-hybridized carbons (Fsp3) is 0.524. The van der Waals surface area contributed by atoms with Crippen LogP contribution in [0.2, 0.25) is 0 Å². The van der Waals surface area contributed by atoms with E-state index in [2.05, 4.69) is 10.00 Å². The Morgan fingerprint density at radius 2 is 1.86 bits per heavy atom. The molecule has 150 valence electrons. The van der Waals surface area contributed by atoms with E-state index in [1.54, 1.807) is 6.92 Å². The Morgan fingerprint density at radius 3 is 2.57 bits per heavy atom. The Hall–Kier alpha value is -2.28. The lowest BCUT2D eigenvalue weighted by Gasteiger charge is -2.36. The molecule has 0 spiro atoms. The van der Waals surface area contributed by atoms with Gasteiger partial charge in [0.25, 0.3) is 0 Å². The van der Waals surface area contributed by atoms with Gasteiger partial charge in [0.15, 0.2) is 11.6 Å². The molecule has 5 nitrogen and oxygen atoms in total. The number of ketones is 1. The van der Waals surface area contributed by atoms with E-state index in [1.165, 1.54) is 24.8 Å². The fourth-order valence-corrected chi connectivity index (χ4v) is 4.32. The zero-order valence-corrected chi connectivity index (χ0v) is 16.5. The maximum absolute atomic E-state index is 14.4. The predicted molar refractivity (Wildman–Crippen MR) is 104 cm³/mol. The van der Waals surface area contributed by atoms with Crippen LogP contribution < -0.4 is 4.90 Å². The van der Waals surface area contributed by atoms with Crippen molar-refractivity contribution in [3.8, 4) is 0 Å². The van der Waals surface area contributed by atoms with Crippen LogP contribution in [-0.4, -0.2) is 53.2 Å². The van der Waals surface area contributed by atoms with Crippen molar-refractivity contribution < 1.29 is 13.6 Å². The number of hydrogen-bond donors (Lipinski definition) is 0. The molecule has 7 heteroatoms. The SMILES string of the molecule is CC(=O)c1nn(CCN2CCN(c3ccc(F)c(C)c3F)CC2)c2c1CCC2. The van der Waals surface area contributed by atoms with Crippen LogP contribution in [0.4, 0.5) is 14.5 Å². The van der Waals surface area contributed by atoms with Crippen LogP contribution in [0.3, 0.4) is 0 Å². The Morgan fingerprint density at radius 1 is 1.11 bits per heavy atom. The highest BCUT2D eigenvalue weighted by atomic mass is 19.1. The number of rotatable bonds is 5. The van der Waals surface area contributed by atoms with E-state index in [0.717, 1.165) is 51.0 Å². The first kappa shape index (κ1) is 19.1. The van der Waals surface area contributed by atoms with Crippen molar-refractivity contribution in [3.63, 3.8) is 0 Å². The van der Waals surface area contributed by atoms with Crippen LogP contribution in [-0.2, 0) is 19.4 Å². The number of piperazine rings is 1. The van der Waals surface area contributed by atoms with E-state index in [9.17, 15) is 13.6 Å². The first-order chi connectivity index (χ1) is 13.5. The van der Waals surface area contributed by atoms with Gasteiger partial charge in [-0.2, -0.15) is 5.10 Å². The molecule has 0 saturated carbocycles. The zero-order valence-electron chi connectivity index (χ0n) is 16.5. The summed E-state index contributed by atoms with van der Waals surface area (Å²) in [4.78, 5) is 16.1. The second-order valence-corrected chi connectivity index (χ2v) is 7.74. The summed E-state index contributed by atoms with van der Waals surface area (Å²) in [5, 5.41) is 4.55. The van der Waals surface area contributed by atoms with Crippen molar-refractivity contribution in [1.29, 1.82) is 0 Å². The van der Waals surface area contributed by atoms with Gasteiger partial charge in [-0.15, -0.1) is 0 Å². The molecule has 2 aliphatic rings. The largest absolute Gasteiger partial charge is 0.367 e. The summed E-state index contributed by atoms with van der Waals surface area (Å²) < 4.78 is 29.9. The van der Waals surface area contributed by atoms with Gasteiger partial charge in [0.2, 0.25) is 0 Å². The third-order valence-corrected chi connectivity index (χ3v) is 5.98. The minimum atomic E-state index is -0.503. The van der Waals surface area contributed by atoms with E-state index in [0.29, 0.717) is 24.5 Å². The summed E-state index contributed by atoms with van der Waals surface area (Å²) in [6, 6.07) is 2.87. The van der Waals surface area contributed by atoms with E-state index in [4.69, 9.17) is 0 Å². The molecule has 1 saturated heterocycles. The molecule has 1 aliphatic carbocycles. The van der Waals surface area contributed by atoms with Crippen molar-refractivity contribution in [3.05, 3.63) is 46.3 Å². The Bertz CT molecular complexity index is 900. The fourth-order valence-electron chi connectivity index (χ4n) is 4.32. The number of carbonyl (C=O) groups is 1. The molecule has 0 atom stereocenters. The molecule has 1 aromatic carbocycles. The van der Waals surface area contributed by atoms with E-state index in [1.807, 2.05) is 9.58 Å². The number of nitrogens with zero attached hydrogens (tertiary/aromatic N) is 4. The summed E-state index contributed by atoms with van der Waals surface area (Å²) in [7, 11) is 0. The maximum Gasteiger partial charge on any atom is 0.180 e. The van der Waals surface area contributed by atoms with E-state index < -0.39 is 11.6 Å². The van der Waals surface area contributed by atoms with Crippen LogP contribution in [0.15, 0.2) is 12.1 Å². The van der Waals surface area contributed by atoms with Gasteiger partial charge in [0.1, 0.15) is 11.5 Å². The molecule has 1 fully saturated rings. The van der Waals surface area contributed by atoms with Gasteiger partial charge in [-0.05, 0) is 38.3 Å². The Labute approximate surface area is 163 Å². The number of carbonyl (C=O) groups excluding carboxylic acids is 1. The average molecular weight is 388 g/mol. The number of benzene rings is 1. The first-order valence-corrected chi connectivity index (χ1v) is 9.97. The number of anilines is 1. The first-order valence-electron chi connectivity index (χ1n) is 9.97. The molecule has 0 amide bonds. The van der Waals surface area contributed by atoms with Crippen LogP contribution >= 0.6 is 0 Å². The lowest BCUT2D eigenvalue weighted by atomic mass is 10.1. The number of Topliss-reactive ketones (excluding diaryl/α,β-unsaturated/α-hetero) is 1. The minimum Gasteiger partial charge on any atom is -0.367 e. The topological polar surface area (TPSA) is 41.4 Å². The molecule has 0 bridgehead atoms. The smallest absolute Gasteiger partial charge is 0.180 e. The van der Waals surface area contributed by atoms with Crippen LogP contribution in [0, 0.1) is 18.6 Å². The standard InChI is InChI=1S/C21H26F2N4O/c1-14-17(22)6-7-19(20(14)23)26-11-8-25(9-12-26)10-13-27-18-5-3-4-16(18)21(24-27)15(2)28/h6-7H,3-5,8-13H2,1-2H3. The Kier molecular flexibility index (Phi) is 5.19. The molecule has 2 heterocycles. The van der Waals surface area contributed by atoms with Gasteiger partial charge in [0.05, 0.1) is 12.2 Å². The second kappa shape index (κ2) is 7.62. The number of aromatic nitrogens is 2. The summed E-state index contributed by atoms with van der Waals surface area (Å²) in [5.41, 5.74) is 3.55. The van der Waals surface area contributed by atoms with Gasteiger partial charge >= 0.3 is 0 Å². The molecule has 0 radical (unpaired) electrons. The molecule has 1 aliphatic heterocycles. The van der Waals surface area contributed by atoms with Gasteiger partial charge in [-0.25, -0.2) is 8.78 Å². The number of hydrogen-bond acceptors (Lipinski definition) is 4. The van der Waals surface area contributed by atoms with E-state index >= 15 is 0 Å². The zero-order chi connectivity index (χ0) is 19.8. The summed E-state index contributed by atoms with van der Waals surface area (Å²) >= 11 is 0. The van der Waals surface area contributed by atoms with Crippen LogP contribution in [0.5, 0.6) is 0 Å². The molecule has 2 aromatic rings. The molecular formula is C21H26F2N4O. The monoisotopic (exact) mass is 388 g/mol. The maximum atomic E-state index is 14.4. The molecule has 4 rings (SSSR count). The van der Waals surface area contributed by atoms with Gasteiger partial charge in [-0.3, -0.25) is 14.4 Å². The second-order valence-electron chi connectivity index (χ2n) is 7.74. The highest BCUT2D eigenvalue weighted by Gasteiger charge is 2.25. The molecule has 0 unspecified atom stereocenters. The normalized spacial score (nSPS) is 17.2. The minimum absolute atomic E-state index is 0.0436. The number of halogens is 2. The van der Waals surface area contributed by atoms with E-state index in [-0.39, 0.29) is 11.3 Å². The molecular weight excluding hydrogens is 362 g/mol. The Balaban J connectivity index is 1.37. The van der Waals surface area contributed by atoms with Crippen molar-refractivity contribution in [2.45, 2.75) is 39.7 Å². The van der Waals surface area contributed by atoms with Gasteiger partial charge in [0, 0.05) is 56.5 Å². The average Bonchev–Trinajstić information content (AvgIpc) is 3.28. The lowest BCUT2D eigenvalue weighted by molar-refractivity contribution is 0.101. The molecule has 28 heavy (non-hydrogen) atoms. The molecule has 1 aromatic heterocycles. The lowest BCUT2D eigenvalue weighted by Crippen LogP contribution is -2.47. The van der Waals surface area contributed by atoms with Gasteiger partial charge in [-0.1, -0.05) is 0 Å². The third-order valence-electron chi connectivity index (χ3n) is 5.98. The molecule has 0 N–H and O–H groups in total. The summed E-state index contributed by atoms with van der Waals surface area (Å²) in [6.45, 7) is 7.72. The quantitative estimate of drug-likeness (QED) is 0.739. The van der Waals surface area contributed by atoms with Gasteiger partial charge < -0.3 is 4.90 Å². The van der Waals surface area contributed by atoms with Crippen molar-refractivity contribution >= 4 is 11.5 Å². The number of fused-ring (bicyclic) bond motifs is 1. The van der Waals surface area contributed by atoms with Crippen molar-refractivity contribution in [2.24, 2.45) is 0 Å². The van der Waals surface area contributed by atoms with Crippen LogP contribution in [0.25, 0.3) is 0 Å². The highest BCUT2D eigenvalue weighted by molar-refractivity contribution is 5.94.